The van der Waals surface area contributed by atoms with Crippen LogP contribution in [0.2, 0.25) is 0 Å². The van der Waals surface area contributed by atoms with Crippen molar-refractivity contribution in [2.45, 2.75) is 75.5 Å². The molecule has 156 valence electrons. The zero-order chi connectivity index (χ0) is 19.9. The summed E-state index contributed by atoms with van der Waals surface area (Å²) in [4.78, 5) is 12.5. The summed E-state index contributed by atoms with van der Waals surface area (Å²) in [6.45, 7) is 6.79. The number of carbonyl (C=O) groups is 1. The van der Waals surface area contributed by atoms with Crippen LogP contribution in [0.25, 0.3) is 0 Å². The number of hydroxylamine groups is 1. The molecule has 1 amide bonds. The van der Waals surface area contributed by atoms with Gasteiger partial charge in [-0.1, -0.05) is 32.3 Å². The van der Waals surface area contributed by atoms with E-state index in [0.717, 1.165) is 44.9 Å². The molecule has 2 unspecified atom stereocenters. The van der Waals surface area contributed by atoms with Crippen molar-refractivity contribution in [2.75, 3.05) is 19.8 Å². The highest BCUT2D eigenvalue weighted by atomic mass is 32.2. The fourth-order valence-corrected chi connectivity index (χ4v) is 6.89. The monoisotopic (exact) mass is 402 g/mol. The maximum atomic E-state index is 13.7. The van der Waals surface area contributed by atoms with Gasteiger partial charge in [-0.05, 0) is 31.6 Å². The van der Waals surface area contributed by atoms with Crippen LogP contribution in [0, 0.1) is 5.92 Å². The Kier molecular flexibility index (Phi) is 8.27. The van der Waals surface area contributed by atoms with E-state index in [1.165, 1.54) is 0 Å². The Labute approximate surface area is 163 Å². The standard InChI is InChI=1S/C19H34N2O5S/c1-3-5-9-16(8-4-2)17-10-6-7-13-21(17)27(24,25)19(18(22)20-23)11-14-26-15-12-19/h4,16-17,23H,2-3,5-15H2,1H3,(H,20,22). The number of piperidine rings is 1. The summed E-state index contributed by atoms with van der Waals surface area (Å²) in [7, 11) is -3.95. The third-order valence-corrected chi connectivity index (χ3v) is 8.71. The minimum Gasteiger partial charge on any atom is -0.381 e. The lowest BCUT2D eigenvalue weighted by Gasteiger charge is -2.45. The molecule has 2 aliphatic heterocycles. The van der Waals surface area contributed by atoms with Gasteiger partial charge >= 0.3 is 0 Å². The molecule has 2 aliphatic rings. The minimum atomic E-state index is -3.95. The number of unbranched alkanes of at least 4 members (excludes halogenated alkanes) is 1. The van der Waals surface area contributed by atoms with E-state index < -0.39 is 20.7 Å². The van der Waals surface area contributed by atoms with E-state index in [0.29, 0.717) is 6.54 Å². The van der Waals surface area contributed by atoms with Crippen LogP contribution in [-0.2, 0) is 19.6 Å². The molecule has 0 aromatic carbocycles. The number of hydrogen-bond donors (Lipinski definition) is 2. The second-order valence-electron chi connectivity index (χ2n) is 7.65. The first-order valence-corrected chi connectivity index (χ1v) is 11.5. The molecule has 8 heteroatoms. The predicted octanol–water partition coefficient (Wildman–Crippen LogP) is 2.61. The average molecular weight is 403 g/mol. The van der Waals surface area contributed by atoms with Gasteiger partial charge in [-0.2, -0.15) is 4.31 Å². The molecule has 0 spiro atoms. The number of rotatable bonds is 9. The van der Waals surface area contributed by atoms with Crippen molar-refractivity contribution in [2.24, 2.45) is 5.92 Å². The lowest BCUT2D eigenvalue weighted by Crippen LogP contribution is -2.62. The van der Waals surface area contributed by atoms with Crippen LogP contribution in [0.1, 0.15) is 64.7 Å². The largest absolute Gasteiger partial charge is 0.381 e. The van der Waals surface area contributed by atoms with Crippen molar-refractivity contribution in [3.8, 4) is 0 Å². The van der Waals surface area contributed by atoms with Crippen LogP contribution in [0.4, 0.5) is 0 Å². The zero-order valence-electron chi connectivity index (χ0n) is 16.4. The average Bonchev–Trinajstić information content (AvgIpc) is 2.70. The molecule has 0 aromatic rings. The molecule has 27 heavy (non-hydrogen) atoms. The molecule has 0 saturated carbocycles. The molecule has 2 N–H and O–H groups in total. The van der Waals surface area contributed by atoms with Gasteiger partial charge in [0.1, 0.15) is 0 Å². The van der Waals surface area contributed by atoms with Gasteiger partial charge in [-0.15, -0.1) is 6.58 Å². The first-order valence-electron chi connectivity index (χ1n) is 10.1. The number of carbonyl (C=O) groups excluding carboxylic acids is 1. The fourth-order valence-electron chi connectivity index (χ4n) is 4.48. The van der Waals surface area contributed by atoms with Gasteiger partial charge in [0.05, 0.1) is 0 Å². The Bertz CT molecular complexity index is 601. The highest BCUT2D eigenvalue weighted by Gasteiger charge is 2.56. The number of allylic oxidation sites excluding steroid dienone is 1. The van der Waals surface area contributed by atoms with Crippen LogP contribution in [0.3, 0.4) is 0 Å². The molecule has 0 radical (unpaired) electrons. The molecule has 0 aliphatic carbocycles. The zero-order valence-corrected chi connectivity index (χ0v) is 17.2. The Morgan fingerprint density at radius 3 is 2.70 bits per heavy atom. The summed E-state index contributed by atoms with van der Waals surface area (Å²) >= 11 is 0. The fraction of sp³-hybridized carbons (Fsp3) is 0.842. The number of nitrogens with zero attached hydrogens (tertiary/aromatic N) is 1. The summed E-state index contributed by atoms with van der Waals surface area (Å²) in [5.41, 5.74) is 1.61. The second kappa shape index (κ2) is 10.0. The van der Waals surface area contributed by atoms with Crippen LogP contribution in [0.15, 0.2) is 12.7 Å². The van der Waals surface area contributed by atoms with Gasteiger partial charge in [-0.25, -0.2) is 13.9 Å². The Morgan fingerprint density at radius 2 is 2.11 bits per heavy atom. The molecular weight excluding hydrogens is 368 g/mol. The van der Waals surface area contributed by atoms with E-state index in [-0.39, 0.29) is 38.0 Å². The van der Waals surface area contributed by atoms with Crippen molar-refractivity contribution in [3.05, 3.63) is 12.7 Å². The van der Waals surface area contributed by atoms with Gasteiger partial charge in [0.25, 0.3) is 5.91 Å². The third kappa shape index (κ3) is 4.55. The topological polar surface area (TPSA) is 95.9 Å². The van der Waals surface area contributed by atoms with E-state index in [9.17, 15) is 18.4 Å². The number of ether oxygens (including phenoxy) is 1. The van der Waals surface area contributed by atoms with Crippen molar-refractivity contribution in [3.63, 3.8) is 0 Å². The Morgan fingerprint density at radius 1 is 1.41 bits per heavy atom. The Balaban J connectivity index is 2.39. The summed E-state index contributed by atoms with van der Waals surface area (Å²) in [5, 5.41) is 9.25. The van der Waals surface area contributed by atoms with Gasteiger partial charge in [0.15, 0.2) is 4.75 Å². The van der Waals surface area contributed by atoms with Crippen molar-refractivity contribution in [1.82, 2.24) is 9.79 Å². The molecule has 2 atom stereocenters. The number of amides is 1. The molecule has 0 bridgehead atoms. The quantitative estimate of drug-likeness (QED) is 0.351. The maximum Gasteiger partial charge on any atom is 0.266 e. The summed E-state index contributed by atoms with van der Waals surface area (Å²) < 4.78 is 32.7. The van der Waals surface area contributed by atoms with Crippen LogP contribution in [-0.4, -0.2) is 54.4 Å². The van der Waals surface area contributed by atoms with Crippen LogP contribution >= 0.6 is 0 Å². The highest BCUT2D eigenvalue weighted by molar-refractivity contribution is 7.91. The van der Waals surface area contributed by atoms with Crippen molar-refractivity contribution in [1.29, 1.82) is 0 Å². The molecular formula is C19H34N2O5S. The van der Waals surface area contributed by atoms with Crippen molar-refractivity contribution < 1.29 is 23.2 Å². The summed E-state index contributed by atoms with van der Waals surface area (Å²) in [6, 6.07) is -0.125. The smallest absolute Gasteiger partial charge is 0.266 e. The molecule has 0 aromatic heterocycles. The van der Waals surface area contributed by atoms with E-state index in [4.69, 9.17) is 4.74 Å². The van der Waals surface area contributed by atoms with E-state index in [1.54, 1.807) is 9.79 Å². The normalized spacial score (nSPS) is 24.9. The van der Waals surface area contributed by atoms with Gasteiger partial charge < -0.3 is 4.74 Å². The van der Waals surface area contributed by atoms with Gasteiger partial charge in [0.2, 0.25) is 10.0 Å². The third-order valence-electron chi connectivity index (χ3n) is 6.06. The molecule has 2 saturated heterocycles. The number of hydrogen-bond acceptors (Lipinski definition) is 5. The van der Waals surface area contributed by atoms with Gasteiger partial charge in [0, 0.05) is 38.6 Å². The minimum absolute atomic E-state index is 0.0615. The highest BCUT2D eigenvalue weighted by Crippen LogP contribution is 2.39. The molecule has 2 heterocycles. The van der Waals surface area contributed by atoms with Gasteiger partial charge in [-0.3, -0.25) is 10.0 Å². The van der Waals surface area contributed by atoms with Crippen molar-refractivity contribution >= 4 is 15.9 Å². The van der Waals surface area contributed by atoms with E-state index >= 15 is 0 Å². The van der Waals surface area contributed by atoms with Crippen LogP contribution < -0.4 is 5.48 Å². The lowest BCUT2D eigenvalue weighted by atomic mass is 9.86. The Hall–Kier alpha value is -0.960. The number of sulfonamides is 1. The maximum absolute atomic E-state index is 13.7. The first kappa shape index (κ1) is 22.3. The van der Waals surface area contributed by atoms with E-state index in [2.05, 4.69) is 13.5 Å². The van der Waals surface area contributed by atoms with E-state index in [1.807, 2.05) is 6.08 Å². The SMILES string of the molecule is C=CCC(CCCC)C1CCCCN1S(=O)(=O)C1(C(=O)NO)CCOCC1. The van der Waals surface area contributed by atoms with Crippen LogP contribution in [0.5, 0.6) is 0 Å². The number of nitrogens with one attached hydrogen (secondary N) is 1. The molecule has 7 nitrogen and oxygen atoms in total. The summed E-state index contributed by atoms with van der Waals surface area (Å²) in [5.74, 6) is -0.643. The lowest BCUT2D eigenvalue weighted by molar-refractivity contribution is -0.134. The predicted molar refractivity (Wildman–Crippen MR) is 104 cm³/mol. The summed E-state index contributed by atoms with van der Waals surface area (Å²) in [6.07, 6.45) is 8.37. The first-order chi connectivity index (χ1) is 12.9. The molecule has 2 rings (SSSR count). The second-order valence-corrected chi connectivity index (χ2v) is 9.85. The molecule has 2 fully saturated rings.